The third-order valence-corrected chi connectivity index (χ3v) is 2.23. The molecule has 0 unspecified atom stereocenters. The summed E-state index contributed by atoms with van der Waals surface area (Å²) in [5.74, 6) is 0.193. The minimum Gasteiger partial charge on any atom is -0.872 e. The number of hydrogen-bond acceptors (Lipinski definition) is 1. The van der Waals surface area contributed by atoms with E-state index in [0.29, 0.717) is 0 Å². The van der Waals surface area contributed by atoms with Crippen molar-refractivity contribution in [3.8, 4) is 5.75 Å². The van der Waals surface area contributed by atoms with Crippen LogP contribution >= 0.6 is 0 Å². The molecule has 0 saturated carbocycles. The van der Waals surface area contributed by atoms with Crippen LogP contribution in [0.1, 0.15) is 37.5 Å². The number of hydrogen-bond donors (Lipinski definition) is 0. The predicted octanol–water partition coefficient (Wildman–Crippen LogP) is -0.321. The van der Waals surface area contributed by atoms with E-state index in [1.165, 1.54) is 5.56 Å². The van der Waals surface area contributed by atoms with E-state index in [1.807, 2.05) is 26.0 Å². The van der Waals surface area contributed by atoms with E-state index in [1.54, 1.807) is 0 Å². The molecule has 0 aliphatic rings. The van der Waals surface area contributed by atoms with Gasteiger partial charge in [0.15, 0.2) is 0 Å². The molecule has 1 aromatic rings. The molecular weight excluding hydrogens is 167 g/mol. The smallest absolute Gasteiger partial charge is 0.872 e. The van der Waals surface area contributed by atoms with Gasteiger partial charge in [-0.1, -0.05) is 44.0 Å². The summed E-state index contributed by atoms with van der Waals surface area (Å²) in [6.45, 7) is 10.1. The molecule has 14 heavy (non-hydrogen) atoms. The zero-order valence-corrected chi connectivity index (χ0v) is 10.1. The quantitative estimate of drug-likeness (QED) is 0.507. The molecule has 0 bridgehead atoms. The van der Waals surface area contributed by atoms with E-state index in [2.05, 4.69) is 20.8 Å². The maximum atomic E-state index is 11.8. The largest absolute Gasteiger partial charge is 1.00 e. The normalized spacial score (nSPS) is 10.9. The Hall–Kier alpha value is -0.383. The Morgan fingerprint density at radius 1 is 1.07 bits per heavy atom. The first-order valence-corrected chi connectivity index (χ1v) is 4.61. The van der Waals surface area contributed by atoms with E-state index in [0.717, 1.165) is 11.1 Å². The molecule has 0 atom stereocenters. The molecule has 0 fully saturated rings. The van der Waals surface area contributed by atoms with E-state index < -0.39 is 0 Å². The Morgan fingerprint density at radius 3 is 2.00 bits per heavy atom. The van der Waals surface area contributed by atoms with E-state index in [-0.39, 0.29) is 30.0 Å². The standard InChI is InChI=1S/C12H18O.Li/c1-8-6-9(2)11(13)10(7-8)12(3,4)5;/h6-7,13H,1-5H3;/q;+1/p-1. The maximum Gasteiger partial charge on any atom is 1.00 e. The summed E-state index contributed by atoms with van der Waals surface area (Å²) in [6.07, 6.45) is 0. The van der Waals surface area contributed by atoms with Crippen molar-refractivity contribution in [3.05, 3.63) is 28.8 Å². The Bertz CT molecular complexity index is 324. The van der Waals surface area contributed by atoms with Gasteiger partial charge in [-0.2, -0.15) is 0 Å². The first kappa shape index (κ1) is 13.6. The number of aryl methyl sites for hydroxylation is 2. The van der Waals surface area contributed by atoms with Crippen LogP contribution in [0.25, 0.3) is 0 Å². The zero-order chi connectivity index (χ0) is 10.2. The van der Waals surface area contributed by atoms with Gasteiger partial charge in [-0.3, -0.25) is 0 Å². The molecule has 0 radical (unpaired) electrons. The molecular formula is C12H17LiO. The minimum absolute atomic E-state index is 0. The van der Waals surface area contributed by atoms with E-state index in [9.17, 15) is 5.11 Å². The molecule has 1 rings (SSSR count). The summed E-state index contributed by atoms with van der Waals surface area (Å²) in [4.78, 5) is 0. The Labute approximate surface area is 98.7 Å². The summed E-state index contributed by atoms with van der Waals surface area (Å²) in [6, 6.07) is 3.94. The fraction of sp³-hybridized carbons (Fsp3) is 0.500. The Morgan fingerprint density at radius 2 is 1.57 bits per heavy atom. The summed E-state index contributed by atoms with van der Waals surface area (Å²) in [5.41, 5.74) is 2.89. The zero-order valence-electron chi connectivity index (χ0n) is 10.1. The van der Waals surface area contributed by atoms with Crippen molar-refractivity contribution in [2.24, 2.45) is 0 Å². The van der Waals surface area contributed by atoms with Crippen LogP contribution in [-0.2, 0) is 5.41 Å². The van der Waals surface area contributed by atoms with Gasteiger partial charge in [0.25, 0.3) is 0 Å². The second-order valence-electron chi connectivity index (χ2n) is 4.71. The van der Waals surface area contributed by atoms with Crippen LogP contribution in [0.2, 0.25) is 0 Å². The Balaban J connectivity index is 0.00000169. The van der Waals surface area contributed by atoms with Gasteiger partial charge in [-0.25, -0.2) is 0 Å². The van der Waals surface area contributed by atoms with Crippen LogP contribution in [0.15, 0.2) is 12.1 Å². The summed E-state index contributed by atoms with van der Waals surface area (Å²) in [5, 5.41) is 11.8. The van der Waals surface area contributed by atoms with Crippen LogP contribution in [0, 0.1) is 13.8 Å². The monoisotopic (exact) mass is 184 g/mol. The summed E-state index contributed by atoms with van der Waals surface area (Å²) < 4.78 is 0. The molecule has 0 amide bonds. The number of rotatable bonds is 0. The average Bonchev–Trinajstić information content (AvgIpc) is 1.94. The molecule has 1 nitrogen and oxygen atoms in total. The molecule has 0 spiro atoms. The van der Waals surface area contributed by atoms with Crippen LogP contribution in [0.5, 0.6) is 5.75 Å². The fourth-order valence-electron chi connectivity index (χ4n) is 1.51. The van der Waals surface area contributed by atoms with Crippen molar-refractivity contribution >= 4 is 0 Å². The van der Waals surface area contributed by atoms with Gasteiger partial charge >= 0.3 is 18.9 Å². The van der Waals surface area contributed by atoms with Crippen LogP contribution in [-0.4, -0.2) is 0 Å². The van der Waals surface area contributed by atoms with Crippen molar-refractivity contribution in [1.29, 1.82) is 0 Å². The fourth-order valence-corrected chi connectivity index (χ4v) is 1.51. The van der Waals surface area contributed by atoms with Gasteiger partial charge < -0.3 is 5.11 Å². The van der Waals surface area contributed by atoms with Crippen molar-refractivity contribution in [2.45, 2.75) is 40.0 Å². The molecule has 0 N–H and O–H groups in total. The SMILES string of the molecule is Cc1cc(C)c([O-])c(C(C)(C)C)c1.[Li+]. The third-order valence-electron chi connectivity index (χ3n) is 2.23. The van der Waals surface area contributed by atoms with Crippen molar-refractivity contribution in [3.63, 3.8) is 0 Å². The minimum atomic E-state index is -0.0478. The van der Waals surface area contributed by atoms with Gasteiger partial charge in [-0.15, -0.1) is 5.75 Å². The molecule has 0 saturated heterocycles. The van der Waals surface area contributed by atoms with Crippen molar-refractivity contribution in [2.75, 3.05) is 0 Å². The first-order valence-electron chi connectivity index (χ1n) is 4.61. The Kier molecular flexibility index (Phi) is 4.30. The predicted molar refractivity (Wildman–Crippen MR) is 54.1 cm³/mol. The van der Waals surface area contributed by atoms with Crippen LogP contribution < -0.4 is 24.0 Å². The summed E-state index contributed by atoms with van der Waals surface area (Å²) in [7, 11) is 0. The van der Waals surface area contributed by atoms with E-state index >= 15 is 0 Å². The van der Waals surface area contributed by atoms with Gasteiger partial charge in [-0.05, 0) is 24.8 Å². The molecule has 0 aliphatic heterocycles. The first-order chi connectivity index (χ1) is 5.82. The number of benzene rings is 1. The second kappa shape index (κ2) is 4.42. The molecule has 72 valence electrons. The van der Waals surface area contributed by atoms with Gasteiger partial charge in [0.05, 0.1) is 0 Å². The van der Waals surface area contributed by atoms with E-state index in [4.69, 9.17) is 0 Å². The topological polar surface area (TPSA) is 23.1 Å². The second-order valence-corrected chi connectivity index (χ2v) is 4.71. The van der Waals surface area contributed by atoms with Gasteiger partial charge in [0.1, 0.15) is 0 Å². The van der Waals surface area contributed by atoms with Crippen LogP contribution in [0.3, 0.4) is 0 Å². The maximum absolute atomic E-state index is 11.8. The summed E-state index contributed by atoms with van der Waals surface area (Å²) >= 11 is 0. The third kappa shape index (κ3) is 2.80. The average molecular weight is 184 g/mol. The molecule has 0 aliphatic carbocycles. The van der Waals surface area contributed by atoms with Crippen LogP contribution in [0.4, 0.5) is 0 Å². The molecule has 1 aromatic carbocycles. The molecule has 0 heterocycles. The van der Waals surface area contributed by atoms with Gasteiger partial charge in [0, 0.05) is 0 Å². The van der Waals surface area contributed by atoms with Crippen molar-refractivity contribution < 1.29 is 24.0 Å². The molecule has 0 aromatic heterocycles. The van der Waals surface area contributed by atoms with Crippen molar-refractivity contribution in [1.82, 2.24) is 0 Å². The molecule has 2 heteroatoms. The van der Waals surface area contributed by atoms with Gasteiger partial charge in [0.2, 0.25) is 0 Å².